The van der Waals surface area contributed by atoms with Gasteiger partial charge in [-0.15, -0.1) is 0 Å². The molecule has 92 valence electrons. The van der Waals surface area contributed by atoms with E-state index < -0.39 is 0 Å². The Hall–Kier alpha value is -1.31. The quantitative estimate of drug-likeness (QED) is 0.582. The molecule has 1 aromatic rings. The average Bonchev–Trinajstić information content (AvgIpc) is 2.79. The summed E-state index contributed by atoms with van der Waals surface area (Å²) in [5.41, 5.74) is 1.12. The van der Waals surface area contributed by atoms with E-state index in [1.807, 2.05) is 31.2 Å². The first-order valence-corrected chi connectivity index (χ1v) is 6.51. The van der Waals surface area contributed by atoms with Gasteiger partial charge in [0.2, 0.25) is 0 Å². The molecule has 0 bridgehead atoms. The first kappa shape index (κ1) is 12.2. The van der Waals surface area contributed by atoms with Crippen LogP contribution in [0.3, 0.4) is 0 Å². The minimum atomic E-state index is -0.0949. The van der Waals surface area contributed by atoms with E-state index in [9.17, 15) is 4.79 Å². The monoisotopic (exact) mass is 232 g/mol. The van der Waals surface area contributed by atoms with Gasteiger partial charge in [-0.3, -0.25) is 4.79 Å². The van der Waals surface area contributed by atoms with E-state index in [1.54, 1.807) is 0 Å². The number of rotatable bonds is 4. The van der Waals surface area contributed by atoms with Gasteiger partial charge in [-0.2, -0.15) is 0 Å². The van der Waals surface area contributed by atoms with Crippen LogP contribution in [0.4, 0.5) is 0 Å². The normalized spacial score (nSPS) is 16.1. The molecule has 0 radical (unpaired) electrons. The lowest BCUT2D eigenvalue weighted by Crippen LogP contribution is -2.09. The third kappa shape index (κ3) is 3.88. The molecule has 1 saturated carbocycles. The molecule has 0 spiro atoms. The first-order valence-electron chi connectivity index (χ1n) is 6.51. The molecule has 2 nitrogen and oxygen atoms in total. The zero-order chi connectivity index (χ0) is 12.1. The SMILES string of the molecule is Cc1cccc(OC(=O)CCC2CCCC2)c1. The van der Waals surface area contributed by atoms with Crippen molar-refractivity contribution < 1.29 is 9.53 Å². The summed E-state index contributed by atoms with van der Waals surface area (Å²) in [6.07, 6.45) is 6.79. The Labute approximate surface area is 103 Å². The van der Waals surface area contributed by atoms with Crippen molar-refractivity contribution >= 4 is 5.97 Å². The van der Waals surface area contributed by atoms with E-state index in [0.29, 0.717) is 12.2 Å². The van der Waals surface area contributed by atoms with Crippen LogP contribution in [0.2, 0.25) is 0 Å². The number of aryl methyl sites for hydroxylation is 1. The Balaban J connectivity index is 1.76. The Morgan fingerprint density at radius 1 is 1.35 bits per heavy atom. The Bertz CT molecular complexity index is 378. The second-order valence-corrected chi connectivity index (χ2v) is 4.98. The van der Waals surface area contributed by atoms with Gasteiger partial charge in [0.05, 0.1) is 0 Å². The molecular weight excluding hydrogens is 212 g/mol. The lowest BCUT2D eigenvalue weighted by molar-refractivity contribution is -0.134. The summed E-state index contributed by atoms with van der Waals surface area (Å²) in [5, 5.41) is 0. The van der Waals surface area contributed by atoms with Crippen molar-refractivity contribution in [1.82, 2.24) is 0 Å². The Morgan fingerprint density at radius 3 is 2.82 bits per heavy atom. The fourth-order valence-corrected chi connectivity index (χ4v) is 2.48. The lowest BCUT2D eigenvalue weighted by Gasteiger charge is -2.08. The first-order chi connectivity index (χ1) is 8.24. The molecule has 0 N–H and O–H groups in total. The smallest absolute Gasteiger partial charge is 0.311 e. The molecule has 17 heavy (non-hydrogen) atoms. The maximum Gasteiger partial charge on any atom is 0.311 e. The summed E-state index contributed by atoms with van der Waals surface area (Å²) in [6, 6.07) is 7.64. The summed E-state index contributed by atoms with van der Waals surface area (Å²) in [6.45, 7) is 2.00. The third-order valence-electron chi connectivity index (χ3n) is 3.45. The molecule has 1 aliphatic rings. The summed E-state index contributed by atoms with van der Waals surface area (Å²) in [4.78, 5) is 11.7. The van der Waals surface area contributed by atoms with Crippen LogP contribution >= 0.6 is 0 Å². The number of esters is 1. The predicted molar refractivity (Wildman–Crippen MR) is 68.0 cm³/mol. The highest BCUT2D eigenvalue weighted by Crippen LogP contribution is 2.28. The fraction of sp³-hybridized carbons (Fsp3) is 0.533. The maximum absolute atomic E-state index is 11.7. The van der Waals surface area contributed by atoms with E-state index in [4.69, 9.17) is 4.74 Å². The molecular formula is C15H20O2. The molecule has 0 unspecified atom stereocenters. The van der Waals surface area contributed by atoms with Crippen molar-refractivity contribution in [2.24, 2.45) is 5.92 Å². The molecule has 2 heteroatoms. The maximum atomic E-state index is 11.7. The number of carbonyl (C=O) groups is 1. The average molecular weight is 232 g/mol. The van der Waals surface area contributed by atoms with E-state index in [2.05, 4.69) is 0 Å². The van der Waals surface area contributed by atoms with Crippen LogP contribution in [-0.2, 0) is 4.79 Å². The van der Waals surface area contributed by atoms with E-state index in [-0.39, 0.29) is 5.97 Å². The van der Waals surface area contributed by atoms with Crippen molar-refractivity contribution in [2.45, 2.75) is 45.4 Å². The van der Waals surface area contributed by atoms with Crippen LogP contribution in [0.25, 0.3) is 0 Å². The van der Waals surface area contributed by atoms with Gasteiger partial charge in [-0.05, 0) is 37.0 Å². The summed E-state index contributed by atoms with van der Waals surface area (Å²) >= 11 is 0. The highest BCUT2D eigenvalue weighted by Gasteiger charge is 2.16. The van der Waals surface area contributed by atoms with Crippen LogP contribution in [0.5, 0.6) is 5.75 Å². The molecule has 0 amide bonds. The minimum absolute atomic E-state index is 0.0949. The zero-order valence-corrected chi connectivity index (χ0v) is 10.4. The molecule has 0 atom stereocenters. The molecule has 1 fully saturated rings. The molecule has 0 heterocycles. The van der Waals surface area contributed by atoms with Gasteiger partial charge < -0.3 is 4.74 Å². The van der Waals surface area contributed by atoms with Crippen molar-refractivity contribution in [3.8, 4) is 5.75 Å². The van der Waals surface area contributed by atoms with Crippen LogP contribution in [0.1, 0.15) is 44.1 Å². The molecule has 0 aromatic heterocycles. The summed E-state index contributed by atoms with van der Waals surface area (Å²) in [5.74, 6) is 1.32. The van der Waals surface area contributed by atoms with Crippen molar-refractivity contribution in [3.05, 3.63) is 29.8 Å². The topological polar surface area (TPSA) is 26.3 Å². The van der Waals surface area contributed by atoms with Crippen LogP contribution < -0.4 is 4.74 Å². The van der Waals surface area contributed by atoms with Gasteiger partial charge in [0.1, 0.15) is 5.75 Å². The number of hydrogen-bond donors (Lipinski definition) is 0. The number of ether oxygens (including phenoxy) is 1. The number of benzene rings is 1. The van der Waals surface area contributed by atoms with Crippen molar-refractivity contribution in [2.75, 3.05) is 0 Å². The number of hydrogen-bond acceptors (Lipinski definition) is 2. The van der Waals surface area contributed by atoms with E-state index in [1.165, 1.54) is 25.7 Å². The molecule has 1 aromatic carbocycles. The van der Waals surface area contributed by atoms with Gasteiger partial charge in [0.15, 0.2) is 0 Å². The van der Waals surface area contributed by atoms with Gasteiger partial charge >= 0.3 is 5.97 Å². The highest BCUT2D eigenvalue weighted by atomic mass is 16.5. The summed E-state index contributed by atoms with van der Waals surface area (Å²) in [7, 11) is 0. The Kier molecular flexibility index (Phi) is 4.18. The third-order valence-corrected chi connectivity index (χ3v) is 3.45. The van der Waals surface area contributed by atoms with Crippen molar-refractivity contribution in [3.63, 3.8) is 0 Å². The number of carbonyl (C=O) groups excluding carboxylic acids is 1. The second-order valence-electron chi connectivity index (χ2n) is 4.98. The molecule has 0 aliphatic heterocycles. The highest BCUT2D eigenvalue weighted by molar-refractivity contribution is 5.72. The summed E-state index contributed by atoms with van der Waals surface area (Å²) < 4.78 is 5.32. The van der Waals surface area contributed by atoms with E-state index >= 15 is 0 Å². The molecule has 1 aliphatic carbocycles. The van der Waals surface area contributed by atoms with Gasteiger partial charge in [-0.25, -0.2) is 0 Å². The van der Waals surface area contributed by atoms with E-state index in [0.717, 1.165) is 17.9 Å². The van der Waals surface area contributed by atoms with Crippen LogP contribution in [-0.4, -0.2) is 5.97 Å². The van der Waals surface area contributed by atoms with Crippen molar-refractivity contribution in [1.29, 1.82) is 0 Å². The van der Waals surface area contributed by atoms with Crippen LogP contribution in [0, 0.1) is 12.8 Å². The fourth-order valence-electron chi connectivity index (χ4n) is 2.48. The van der Waals surface area contributed by atoms with Crippen LogP contribution in [0.15, 0.2) is 24.3 Å². The molecule has 2 rings (SSSR count). The second kappa shape index (κ2) is 5.85. The standard InChI is InChI=1S/C15H20O2/c1-12-5-4-8-14(11-12)17-15(16)10-9-13-6-2-3-7-13/h4-5,8,11,13H,2-3,6-7,9-10H2,1H3. The van der Waals surface area contributed by atoms with Gasteiger partial charge in [-0.1, -0.05) is 37.8 Å². The molecule has 0 saturated heterocycles. The minimum Gasteiger partial charge on any atom is -0.427 e. The largest absolute Gasteiger partial charge is 0.427 e. The lowest BCUT2D eigenvalue weighted by atomic mass is 10.0. The zero-order valence-electron chi connectivity index (χ0n) is 10.4. The predicted octanol–water partition coefficient (Wildman–Crippen LogP) is 3.87. The van der Waals surface area contributed by atoms with Gasteiger partial charge in [0, 0.05) is 6.42 Å². The Morgan fingerprint density at radius 2 is 2.12 bits per heavy atom. The van der Waals surface area contributed by atoms with Gasteiger partial charge in [0.25, 0.3) is 0 Å².